The van der Waals surface area contributed by atoms with Crippen molar-refractivity contribution in [1.82, 2.24) is 0 Å². The van der Waals surface area contributed by atoms with Crippen LogP contribution in [0.25, 0.3) is 0 Å². The van der Waals surface area contributed by atoms with Crippen molar-refractivity contribution in [1.29, 1.82) is 0 Å². The molecule has 0 heterocycles. The molecule has 1 aliphatic rings. The molecule has 0 aromatic rings. The largest absolute Gasteiger partial charge is 0.379 e. The minimum Gasteiger partial charge on any atom is -0.379 e. The van der Waals surface area contributed by atoms with Gasteiger partial charge in [-0.25, -0.2) is 0 Å². The van der Waals surface area contributed by atoms with E-state index in [-0.39, 0.29) is 0 Å². The molecule has 3 heteroatoms. The van der Waals surface area contributed by atoms with Crippen LogP contribution in [0, 0.1) is 5.92 Å². The van der Waals surface area contributed by atoms with E-state index < -0.39 is 11.5 Å². The van der Waals surface area contributed by atoms with E-state index in [1.807, 2.05) is 0 Å². The molecule has 0 aromatic heterocycles. The number of carbonyl (C=O) groups excluding carboxylic acids is 1. The van der Waals surface area contributed by atoms with Crippen molar-refractivity contribution in [2.75, 3.05) is 6.54 Å². The molecule has 0 aliphatic heterocycles. The summed E-state index contributed by atoms with van der Waals surface area (Å²) in [6.45, 7) is 2.84. The van der Waals surface area contributed by atoms with Gasteiger partial charge in [-0.15, -0.1) is 0 Å². The van der Waals surface area contributed by atoms with Crippen LogP contribution in [0.5, 0.6) is 0 Å². The molecule has 16 heavy (non-hydrogen) atoms. The summed E-state index contributed by atoms with van der Waals surface area (Å²) in [5.41, 5.74) is -1.23. The molecule has 0 fully saturated rings. The number of aliphatic imine (C=N–C) groups is 1. The number of aldehydes is 1. The molecule has 1 N–H and O–H groups in total. The van der Waals surface area contributed by atoms with Crippen LogP contribution in [0.15, 0.2) is 29.3 Å². The van der Waals surface area contributed by atoms with Gasteiger partial charge in [-0.2, -0.15) is 0 Å². The number of allylic oxidation sites excluding steroid dienone is 2. The smallest absolute Gasteiger partial charge is 0.130 e. The van der Waals surface area contributed by atoms with Crippen LogP contribution in [0.1, 0.15) is 26.2 Å². The maximum Gasteiger partial charge on any atom is 0.130 e. The molecular formula is C13H19NO2. The van der Waals surface area contributed by atoms with E-state index in [4.69, 9.17) is 0 Å². The van der Waals surface area contributed by atoms with Crippen molar-refractivity contribution in [2.24, 2.45) is 10.9 Å². The lowest BCUT2D eigenvalue weighted by molar-refractivity contribution is -0.112. The summed E-state index contributed by atoms with van der Waals surface area (Å²) < 4.78 is 0. The van der Waals surface area contributed by atoms with Crippen molar-refractivity contribution >= 4 is 12.5 Å². The highest BCUT2D eigenvalue weighted by atomic mass is 16.3. The van der Waals surface area contributed by atoms with Crippen LogP contribution >= 0.6 is 0 Å². The molecule has 0 bridgehead atoms. The molecular weight excluding hydrogens is 202 g/mol. The fraction of sp³-hybridized carbons (Fsp3) is 0.538. The summed E-state index contributed by atoms with van der Waals surface area (Å²) in [4.78, 5) is 15.0. The molecule has 0 radical (unpaired) electrons. The first kappa shape index (κ1) is 12.8. The second-order valence-electron chi connectivity index (χ2n) is 4.04. The molecule has 0 aromatic carbocycles. The van der Waals surface area contributed by atoms with Gasteiger partial charge in [0.15, 0.2) is 0 Å². The summed E-state index contributed by atoms with van der Waals surface area (Å²) in [7, 11) is 0. The third-order valence-corrected chi connectivity index (χ3v) is 2.66. The molecule has 0 amide bonds. The Morgan fingerprint density at radius 3 is 2.94 bits per heavy atom. The third-order valence-electron chi connectivity index (χ3n) is 2.66. The summed E-state index contributed by atoms with van der Waals surface area (Å²) in [5, 5.41) is 10.2. The van der Waals surface area contributed by atoms with Gasteiger partial charge in [0.05, 0.1) is 5.92 Å². The Bertz CT molecular complexity index is 307. The lowest BCUT2D eigenvalue weighted by Gasteiger charge is -2.25. The van der Waals surface area contributed by atoms with Crippen molar-refractivity contribution in [2.45, 2.75) is 31.8 Å². The van der Waals surface area contributed by atoms with Gasteiger partial charge in [0.25, 0.3) is 0 Å². The molecule has 3 nitrogen and oxygen atoms in total. The predicted octanol–water partition coefficient (Wildman–Crippen LogP) is 1.92. The Balaban J connectivity index is 2.52. The van der Waals surface area contributed by atoms with E-state index in [0.29, 0.717) is 6.54 Å². The first-order valence-electron chi connectivity index (χ1n) is 5.77. The number of hydrogen-bond donors (Lipinski definition) is 1. The molecule has 2 atom stereocenters. The lowest BCUT2D eigenvalue weighted by Crippen LogP contribution is -2.38. The van der Waals surface area contributed by atoms with Crippen molar-refractivity contribution in [3.05, 3.63) is 24.3 Å². The fourth-order valence-corrected chi connectivity index (χ4v) is 1.61. The van der Waals surface area contributed by atoms with Crippen LogP contribution < -0.4 is 0 Å². The zero-order chi connectivity index (χ0) is 11.9. The minimum absolute atomic E-state index is 0.521. The average Bonchev–Trinajstić information content (AvgIpc) is 2.29. The molecule has 1 aliphatic carbocycles. The van der Waals surface area contributed by atoms with Crippen molar-refractivity contribution in [3.8, 4) is 0 Å². The van der Waals surface area contributed by atoms with Crippen LogP contribution in [0.3, 0.4) is 0 Å². The molecule has 88 valence electrons. The van der Waals surface area contributed by atoms with Crippen LogP contribution in [0.2, 0.25) is 0 Å². The summed E-state index contributed by atoms with van der Waals surface area (Å²) in [6.07, 6.45) is 12.3. The zero-order valence-corrected chi connectivity index (χ0v) is 9.67. The van der Waals surface area contributed by atoms with E-state index in [2.05, 4.69) is 11.9 Å². The predicted molar refractivity (Wildman–Crippen MR) is 65.7 cm³/mol. The van der Waals surface area contributed by atoms with Gasteiger partial charge in [-0.05, 0) is 12.5 Å². The second kappa shape index (κ2) is 6.38. The lowest BCUT2D eigenvalue weighted by atomic mass is 9.86. The number of rotatable bonds is 6. The van der Waals surface area contributed by atoms with Gasteiger partial charge >= 0.3 is 0 Å². The van der Waals surface area contributed by atoms with Gasteiger partial charge in [0, 0.05) is 12.8 Å². The Labute approximate surface area is 96.6 Å². The maximum atomic E-state index is 10.8. The first-order chi connectivity index (χ1) is 7.73. The Kier molecular flexibility index (Phi) is 5.12. The van der Waals surface area contributed by atoms with E-state index in [9.17, 15) is 9.90 Å². The van der Waals surface area contributed by atoms with Gasteiger partial charge in [0.2, 0.25) is 0 Å². The number of aliphatic hydroxyl groups is 1. The average molecular weight is 221 g/mol. The highest BCUT2D eigenvalue weighted by Crippen LogP contribution is 2.21. The molecule has 1 rings (SSSR count). The SMILES string of the molecule is CCCCC/N=C/C1(O)C=CC=CC1C=O. The summed E-state index contributed by atoms with van der Waals surface area (Å²) >= 11 is 0. The first-order valence-corrected chi connectivity index (χ1v) is 5.77. The van der Waals surface area contributed by atoms with Crippen LogP contribution in [-0.2, 0) is 4.79 Å². The van der Waals surface area contributed by atoms with E-state index in [1.165, 1.54) is 6.21 Å². The van der Waals surface area contributed by atoms with Crippen molar-refractivity contribution in [3.63, 3.8) is 0 Å². The van der Waals surface area contributed by atoms with Crippen molar-refractivity contribution < 1.29 is 9.90 Å². The fourth-order valence-electron chi connectivity index (χ4n) is 1.61. The molecule has 0 spiro atoms. The number of carbonyl (C=O) groups is 1. The van der Waals surface area contributed by atoms with Gasteiger partial charge < -0.3 is 9.90 Å². The highest BCUT2D eigenvalue weighted by Gasteiger charge is 2.31. The van der Waals surface area contributed by atoms with E-state index in [0.717, 1.165) is 25.5 Å². The minimum atomic E-state index is -1.23. The normalized spacial score (nSPS) is 28.8. The van der Waals surface area contributed by atoms with Gasteiger partial charge in [-0.3, -0.25) is 4.99 Å². The monoisotopic (exact) mass is 221 g/mol. The zero-order valence-electron chi connectivity index (χ0n) is 9.67. The molecule has 0 saturated heterocycles. The van der Waals surface area contributed by atoms with Crippen LogP contribution in [-0.4, -0.2) is 29.8 Å². The topological polar surface area (TPSA) is 49.7 Å². The summed E-state index contributed by atoms with van der Waals surface area (Å²) in [6, 6.07) is 0. The Morgan fingerprint density at radius 1 is 1.44 bits per heavy atom. The Morgan fingerprint density at radius 2 is 2.25 bits per heavy atom. The van der Waals surface area contributed by atoms with E-state index in [1.54, 1.807) is 24.3 Å². The van der Waals surface area contributed by atoms with Crippen LogP contribution in [0.4, 0.5) is 0 Å². The number of hydrogen-bond acceptors (Lipinski definition) is 3. The quantitative estimate of drug-likeness (QED) is 0.423. The second-order valence-corrected chi connectivity index (χ2v) is 4.04. The number of nitrogens with zero attached hydrogens (tertiary/aromatic N) is 1. The summed E-state index contributed by atoms with van der Waals surface area (Å²) in [5.74, 6) is -0.521. The number of unbranched alkanes of at least 4 members (excludes halogenated alkanes) is 2. The molecule has 2 unspecified atom stereocenters. The third kappa shape index (κ3) is 3.42. The van der Waals surface area contributed by atoms with Gasteiger partial charge in [-0.1, -0.05) is 38.0 Å². The maximum absolute atomic E-state index is 10.8. The Hall–Kier alpha value is -1.22. The van der Waals surface area contributed by atoms with E-state index >= 15 is 0 Å². The van der Waals surface area contributed by atoms with Gasteiger partial charge in [0.1, 0.15) is 11.9 Å². The molecule has 0 saturated carbocycles. The highest BCUT2D eigenvalue weighted by molar-refractivity contribution is 5.80. The standard InChI is InChI=1S/C13H19NO2/c1-2-3-6-9-14-11-13(16)8-5-4-7-12(13)10-15/h4-5,7-8,10-12,16H,2-3,6,9H2,1H3/b14-11+.